The highest BCUT2D eigenvalue weighted by molar-refractivity contribution is 5.96. The zero-order valence-corrected chi connectivity index (χ0v) is 11.4. The van der Waals surface area contributed by atoms with Gasteiger partial charge in [0.05, 0.1) is 18.0 Å². The lowest BCUT2D eigenvalue weighted by Crippen LogP contribution is -2.15. The van der Waals surface area contributed by atoms with Crippen molar-refractivity contribution in [2.45, 2.75) is 0 Å². The summed E-state index contributed by atoms with van der Waals surface area (Å²) in [5, 5.41) is 2.61. The van der Waals surface area contributed by atoms with E-state index in [9.17, 15) is 4.79 Å². The number of methoxy groups -OCH3 is 1. The molecule has 0 unspecified atom stereocenters. The second-order valence-electron chi connectivity index (χ2n) is 4.90. The highest BCUT2D eigenvalue weighted by Gasteiger charge is 2.08. The summed E-state index contributed by atoms with van der Waals surface area (Å²) in [5.41, 5.74) is 1.25. The maximum absolute atomic E-state index is 12.6. The third kappa shape index (κ3) is 1.69. The third-order valence-electron chi connectivity index (χ3n) is 3.71. The lowest BCUT2D eigenvalue weighted by atomic mass is 10.1. The summed E-state index contributed by atoms with van der Waals surface area (Å²) in [6.07, 6.45) is 1.77. The van der Waals surface area contributed by atoms with Gasteiger partial charge < -0.3 is 4.74 Å². The van der Waals surface area contributed by atoms with E-state index >= 15 is 0 Å². The van der Waals surface area contributed by atoms with Crippen LogP contribution in [0.15, 0.2) is 59.5 Å². The summed E-state index contributed by atoms with van der Waals surface area (Å²) in [6, 6.07) is 15.2. The average Bonchev–Trinajstić information content (AvgIpc) is 2.54. The Bertz CT molecular complexity index is 1050. The van der Waals surface area contributed by atoms with Crippen LogP contribution in [0.25, 0.3) is 27.3 Å². The van der Waals surface area contributed by atoms with Gasteiger partial charge in [0.2, 0.25) is 0 Å². The molecule has 4 nitrogen and oxygen atoms in total. The van der Waals surface area contributed by atoms with E-state index in [-0.39, 0.29) is 5.56 Å². The Labute approximate surface area is 120 Å². The van der Waals surface area contributed by atoms with Crippen molar-refractivity contribution in [2.75, 3.05) is 7.11 Å². The summed E-state index contributed by atoms with van der Waals surface area (Å²) in [7, 11) is 1.60. The minimum Gasteiger partial charge on any atom is -0.497 e. The molecule has 2 heterocycles. The summed E-state index contributed by atoms with van der Waals surface area (Å²) in [6.45, 7) is 0. The molecule has 0 atom stereocenters. The van der Waals surface area contributed by atoms with Crippen molar-refractivity contribution in [2.24, 2.45) is 0 Å². The largest absolute Gasteiger partial charge is 0.497 e. The molecular weight excluding hydrogens is 264 g/mol. The number of aromatic nitrogens is 2. The molecule has 0 radical (unpaired) electrons. The SMILES string of the molecule is COc1ccc2c(=O)n3ccc4ccccc4c3nc2c1. The van der Waals surface area contributed by atoms with Crippen LogP contribution in [0.3, 0.4) is 0 Å². The van der Waals surface area contributed by atoms with E-state index in [1.165, 1.54) is 0 Å². The van der Waals surface area contributed by atoms with Crippen molar-refractivity contribution < 1.29 is 4.74 Å². The lowest BCUT2D eigenvalue weighted by molar-refractivity contribution is 0.415. The van der Waals surface area contributed by atoms with Crippen molar-refractivity contribution in [3.63, 3.8) is 0 Å². The minimum atomic E-state index is -0.0663. The van der Waals surface area contributed by atoms with E-state index < -0.39 is 0 Å². The Morgan fingerprint density at radius 3 is 2.76 bits per heavy atom. The number of ether oxygens (including phenoxy) is 1. The molecule has 4 heteroatoms. The monoisotopic (exact) mass is 276 g/mol. The van der Waals surface area contributed by atoms with Gasteiger partial charge in [-0.2, -0.15) is 0 Å². The van der Waals surface area contributed by atoms with Crippen molar-refractivity contribution in [1.29, 1.82) is 0 Å². The molecule has 102 valence electrons. The van der Waals surface area contributed by atoms with Crippen molar-refractivity contribution in [1.82, 2.24) is 9.38 Å². The zero-order chi connectivity index (χ0) is 14.4. The number of benzene rings is 2. The van der Waals surface area contributed by atoms with Gasteiger partial charge in [-0.15, -0.1) is 0 Å². The number of hydrogen-bond donors (Lipinski definition) is 0. The van der Waals surface area contributed by atoms with Gasteiger partial charge in [0, 0.05) is 17.6 Å². The number of pyridine rings is 1. The number of rotatable bonds is 1. The highest BCUT2D eigenvalue weighted by atomic mass is 16.5. The topological polar surface area (TPSA) is 43.6 Å². The highest BCUT2D eigenvalue weighted by Crippen LogP contribution is 2.21. The average molecular weight is 276 g/mol. The van der Waals surface area contributed by atoms with Crippen LogP contribution >= 0.6 is 0 Å². The first kappa shape index (κ1) is 11.9. The van der Waals surface area contributed by atoms with E-state index in [1.54, 1.807) is 35.9 Å². The lowest BCUT2D eigenvalue weighted by Gasteiger charge is -2.07. The van der Waals surface area contributed by atoms with Gasteiger partial charge in [0.15, 0.2) is 0 Å². The maximum atomic E-state index is 12.6. The number of fused-ring (bicyclic) bond motifs is 4. The normalized spacial score (nSPS) is 11.3. The van der Waals surface area contributed by atoms with Gasteiger partial charge >= 0.3 is 0 Å². The molecule has 0 saturated carbocycles. The number of hydrogen-bond acceptors (Lipinski definition) is 3. The van der Waals surface area contributed by atoms with Crippen molar-refractivity contribution in [3.8, 4) is 5.75 Å². The van der Waals surface area contributed by atoms with E-state index in [1.807, 2.05) is 30.3 Å². The molecule has 0 N–H and O–H groups in total. The Kier molecular flexibility index (Phi) is 2.44. The molecule has 0 aliphatic rings. The fourth-order valence-electron chi connectivity index (χ4n) is 2.63. The molecule has 21 heavy (non-hydrogen) atoms. The Balaban J connectivity index is 2.25. The zero-order valence-electron chi connectivity index (χ0n) is 11.4. The van der Waals surface area contributed by atoms with Crippen LogP contribution in [0, 0.1) is 0 Å². The van der Waals surface area contributed by atoms with Crippen LogP contribution in [0.2, 0.25) is 0 Å². The Morgan fingerprint density at radius 1 is 1.05 bits per heavy atom. The van der Waals surface area contributed by atoms with Crippen molar-refractivity contribution >= 4 is 27.3 Å². The van der Waals surface area contributed by atoms with Crippen LogP contribution < -0.4 is 10.3 Å². The maximum Gasteiger partial charge on any atom is 0.265 e. The van der Waals surface area contributed by atoms with Gasteiger partial charge in [-0.3, -0.25) is 9.20 Å². The van der Waals surface area contributed by atoms with Crippen LogP contribution in [0.1, 0.15) is 0 Å². The van der Waals surface area contributed by atoms with Gasteiger partial charge in [0.25, 0.3) is 5.56 Å². The van der Waals surface area contributed by atoms with E-state index in [2.05, 4.69) is 4.98 Å². The van der Waals surface area contributed by atoms with E-state index in [4.69, 9.17) is 4.74 Å². The molecule has 0 aliphatic heterocycles. The summed E-state index contributed by atoms with van der Waals surface area (Å²) < 4.78 is 6.81. The van der Waals surface area contributed by atoms with Crippen molar-refractivity contribution in [3.05, 3.63) is 65.1 Å². The molecule has 2 aromatic carbocycles. The molecule has 2 aromatic heterocycles. The molecular formula is C17H12N2O2. The minimum absolute atomic E-state index is 0.0663. The third-order valence-corrected chi connectivity index (χ3v) is 3.71. The quantitative estimate of drug-likeness (QED) is 0.396. The standard InChI is InChI=1S/C17H12N2O2/c1-21-12-6-7-14-15(10-12)18-16-13-5-3-2-4-11(13)8-9-19(16)17(14)20/h2-10H,1H3. The Morgan fingerprint density at radius 2 is 1.90 bits per heavy atom. The number of nitrogens with zero attached hydrogens (tertiary/aromatic N) is 2. The fourth-order valence-corrected chi connectivity index (χ4v) is 2.63. The fraction of sp³-hybridized carbons (Fsp3) is 0.0588. The predicted octanol–water partition coefficient (Wildman–Crippen LogP) is 3.01. The first-order valence-electron chi connectivity index (χ1n) is 6.66. The summed E-state index contributed by atoms with van der Waals surface area (Å²) >= 11 is 0. The molecule has 0 spiro atoms. The summed E-state index contributed by atoms with van der Waals surface area (Å²) in [4.78, 5) is 17.3. The molecule has 0 amide bonds. The second kappa shape index (κ2) is 4.31. The molecule has 0 bridgehead atoms. The molecule has 0 fully saturated rings. The van der Waals surface area contributed by atoms with Crippen LogP contribution in [0.4, 0.5) is 0 Å². The van der Waals surface area contributed by atoms with E-state index in [0.29, 0.717) is 22.3 Å². The molecule has 4 rings (SSSR count). The first-order valence-corrected chi connectivity index (χ1v) is 6.66. The van der Waals surface area contributed by atoms with Crippen LogP contribution in [-0.2, 0) is 0 Å². The molecule has 0 saturated heterocycles. The van der Waals surface area contributed by atoms with E-state index in [0.717, 1.165) is 10.8 Å². The first-order chi connectivity index (χ1) is 10.3. The molecule has 0 aliphatic carbocycles. The second-order valence-corrected chi connectivity index (χ2v) is 4.90. The van der Waals surface area contributed by atoms with Crippen LogP contribution in [0.5, 0.6) is 5.75 Å². The van der Waals surface area contributed by atoms with Gasteiger partial charge in [-0.05, 0) is 23.6 Å². The van der Waals surface area contributed by atoms with Gasteiger partial charge in [-0.1, -0.05) is 24.3 Å². The summed E-state index contributed by atoms with van der Waals surface area (Å²) in [5.74, 6) is 0.694. The Hall–Kier alpha value is -2.88. The molecule has 4 aromatic rings. The van der Waals surface area contributed by atoms with Crippen LogP contribution in [-0.4, -0.2) is 16.5 Å². The van der Waals surface area contributed by atoms with Gasteiger partial charge in [0.1, 0.15) is 11.4 Å². The predicted molar refractivity (Wildman–Crippen MR) is 83.0 cm³/mol. The smallest absolute Gasteiger partial charge is 0.265 e. The van der Waals surface area contributed by atoms with Gasteiger partial charge in [-0.25, -0.2) is 4.98 Å².